The highest BCUT2D eigenvalue weighted by Gasteiger charge is 2.20. The highest BCUT2D eigenvalue weighted by atomic mass is 35.5. The molecule has 0 aromatic heterocycles. The average Bonchev–Trinajstić information content (AvgIpc) is 2.29. The van der Waals surface area contributed by atoms with Gasteiger partial charge in [-0.1, -0.05) is 37.0 Å². The molecule has 0 aliphatic carbocycles. The van der Waals surface area contributed by atoms with Gasteiger partial charge in [-0.15, -0.1) is 0 Å². The molecular formula is C11H14Cl2N2O4S. The fraction of sp³-hybridized carbons (Fsp3) is 0.364. The minimum atomic E-state index is -3.91. The van der Waals surface area contributed by atoms with Crippen LogP contribution in [0.15, 0.2) is 12.1 Å². The zero-order valence-corrected chi connectivity index (χ0v) is 13.1. The van der Waals surface area contributed by atoms with Crippen molar-refractivity contribution in [1.29, 1.82) is 0 Å². The van der Waals surface area contributed by atoms with Crippen molar-refractivity contribution in [2.75, 3.05) is 11.3 Å². The van der Waals surface area contributed by atoms with Crippen LogP contribution in [-0.2, 0) is 10.2 Å². The van der Waals surface area contributed by atoms with E-state index in [2.05, 4.69) is 9.44 Å². The van der Waals surface area contributed by atoms with Crippen LogP contribution in [0.2, 0.25) is 10.0 Å². The van der Waals surface area contributed by atoms with Gasteiger partial charge in [-0.05, 0) is 18.1 Å². The average molecular weight is 341 g/mol. The number of carbonyl (C=O) groups is 1. The first-order valence-corrected chi connectivity index (χ1v) is 7.86. The van der Waals surface area contributed by atoms with Crippen LogP contribution in [0.1, 0.15) is 24.2 Å². The fourth-order valence-corrected chi connectivity index (χ4v) is 3.00. The van der Waals surface area contributed by atoms with Gasteiger partial charge in [0.2, 0.25) is 0 Å². The predicted octanol–water partition coefficient (Wildman–Crippen LogP) is 2.59. The maximum atomic E-state index is 11.8. The van der Waals surface area contributed by atoms with Gasteiger partial charge in [0, 0.05) is 11.6 Å². The highest BCUT2D eigenvalue weighted by Crippen LogP contribution is 2.30. The van der Waals surface area contributed by atoms with Crippen LogP contribution in [0.25, 0.3) is 0 Å². The predicted molar refractivity (Wildman–Crippen MR) is 78.8 cm³/mol. The molecule has 0 atom stereocenters. The molecule has 1 aromatic rings. The van der Waals surface area contributed by atoms with E-state index in [0.29, 0.717) is 0 Å². The molecule has 6 nitrogen and oxygen atoms in total. The molecule has 20 heavy (non-hydrogen) atoms. The van der Waals surface area contributed by atoms with Crippen molar-refractivity contribution in [3.63, 3.8) is 0 Å². The summed E-state index contributed by atoms with van der Waals surface area (Å²) in [6.45, 7) is 3.88. The first kappa shape index (κ1) is 17.0. The molecule has 0 aliphatic heterocycles. The Balaban J connectivity index is 3.11. The molecule has 0 amide bonds. The normalized spacial score (nSPS) is 11.7. The number of aromatic carboxylic acids is 1. The first-order chi connectivity index (χ1) is 9.12. The largest absolute Gasteiger partial charge is 0.478 e. The summed E-state index contributed by atoms with van der Waals surface area (Å²) in [7, 11) is -3.91. The number of hydrogen-bond acceptors (Lipinski definition) is 3. The molecule has 0 bridgehead atoms. The Bertz CT molecular complexity index is 617. The second-order valence-electron chi connectivity index (χ2n) is 4.46. The van der Waals surface area contributed by atoms with Crippen LogP contribution < -0.4 is 9.44 Å². The monoisotopic (exact) mass is 340 g/mol. The summed E-state index contributed by atoms with van der Waals surface area (Å²) in [6.07, 6.45) is 0. The van der Waals surface area contributed by atoms with Gasteiger partial charge in [0.05, 0.1) is 16.3 Å². The molecular weight excluding hydrogens is 327 g/mol. The number of benzene rings is 1. The zero-order chi connectivity index (χ0) is 15.5. The summed E-state index contributed by atoms with van der Waals surface area (Å²) in [6, 6.07) is 2.38. The molecule has 112 valence electrons. The Labute approximate surface area is 127 Å². The van der Waals surface area contributed by atoms with Crippen molar-refractivity contribution in [2.45, 2.75) is 13.8 Å². The van der Waals surface area contributed by atoms with E-state index in [9.17, 15) is 13.2 Å². The van der Waals surface area contributed by atoms with Gasteiger partial charge in [0.25, 0.3) is 10.2 Å². The topological polar surface area (TPSA) is 95.5 Å². The Morgan fingerprint density at radius 2 is 1.95 bits per heavy atom. The summed E-state index contributed by atoms with van der Waals surface area (Å²) >= 11 is 11.5. The maximum Gasteiger partial charge on any atom is 0.337 e. The minimum Gasteiger partial charge on any atom is -0.478 e. The van der Waals surface area contributed by atoms with E-state index in [1.807, 2.05) is 13.8 Å². The molecule has 0 saturated carbocycles. The van der Waals surface area contributed by atoms with Crippen molar-refractivity contribution in [3.05, 3.63) is 27.7 Å². The number of carboxylic acids is 1. The summed E-state index contributed by atoms with van der Waals surface area (Å²) in [5, 5.41) is 9.07. The smallest absolute Gasteiger partial charge is 0.337 e. The molecule has 1 rings (SSSR count). The first-order valence-electron chi connectivity index (χ1n) is 5.62. The number of halogens is 2. The minimum absolute atomic E-state index is 0.0928. The van der Waals surface area contributed by atoms with Gasteiger partial charge in [-0.25, -0.2) is 4.79 Å². The fourth-order valence-electron chi connectivity index (χ4n) is 1.29. The quantitative estimate of drug-likeness (QED) is 0.741. The third kappa shape index (κ3) is 4.82. The number of nitrogens with one attached hydrogen (secondary N) is 2. The lowest BCUT2D eigenvalue weighted by molar-refractivity contribution is 0.0698. The summed E-state index contributed by atoms with van der Waals surface area (Å²) in [4.78, 5) is 11.1. The third-order valence-corrected chi connectivity index (χ3v) is 3.74. The Morgan fingerprint density at radius 3 is 2.45 bits per heavy atom. The highest BCUT2D eigenvalue weighted by molar-refractivity contribution is 7.90. The Kier molecular flexibility index (Phi) is 5.64. The Hall–Kier alpha value is -1.02. The van der Waals surface area contributed by atoms with Crippen LogP contribution in [-0.4, -0.2) is 26.0 Å². The van der Waals surface area contributed by atoms with Crippen molar-refractivity contribution in [3.8, 4) is 0 Å². The van der Waals surface area contributed by atoms with Crippen LogP contribution in [0.4, 0.5) is 5.69 Å². The van der Waals surface area contributed by atoms with E-state index < -0.39 is 16.2 Å². The van der Waals surface area contributed by atoms with E-state index >= 15 is 0 Å². The number of rotatable bonds is 6. The standard InChI is InChI=1S/C11H14Cl2N2O4S/c1-6(2)5-14-20(18,19)15-10-8(11(16)17)3-7(12)4-9(10)13/h3-4,6,14-15H,5H2,1-2H3,(H,16,17). The summed E-state index contributed by atoms with van der Waals surface area (Å²) < 4.78 is 28.0. The zero-order valence-electron chi connectivity index (χ0n) is 10.8. The SMILES string of the molecule is CC(C)CNS(=O)(=O)Nc1c(Cl)cc(Cl)cc1C(=O)O. The van der Waals surface area contributed by atoms with E-state index in [0.717, 1.165) is 6.07 Å². The lowest BCUT2D eigenvalue weighted by Crippen LogP contribution is -2.33. The van der Waals surface area contributed by atoms with Crippen LogP contribution in [0.5, 0.6) is 0 Å². The van der Waals surface area contributed by atoms with Gasteiger partial charge >= 0.3 is 5.97 Å². The molecule has 0 spiro atoms. The van der Waals surface area contributed by atoms with Gasteiger partial charge in [0.15, 0.2) is 0 Å². The van der Waals surface area contributed by atoms with E-state index in [-0.39, 0.29) is 33.8 Å². The molecule has 0 aliphatic rings. The molecule has 0 radical (unpaired) electrons. The molecule has 3 N–H and O–H groups in total. The molecule has 9 heteroatoms. The summed E-state index contributed by atoms with van der Waals surface area (Å²) in [5.41, 5.74) is -0.544. The second-order valence-corrected chi connectivity index (χ2v) is 6.81. The number of anilines is 1. The van der Waals surface area contributed by atoms with Gasteiger partial charge in [-0.2, -0.15) is 13.1 Å². The van der Waals surface area contributed by atoms with Gasteiger partial charge in [0.1, 0.15) is 0 Å². The van der Waals surface area contributed by atoms with Crippen LogP contribution >= 0.6 is 23.2 Å². The summed E-state index contributed by atoms with van der Waals surface area (Å²) in [5.74, 6) is -1.23. The van der Waals surface area contributed by atoms with Crippen molar-refractivity contribution >= 4 is 45.1 Å². The molecule has 0 saturated heterocycles. The third-order valence-electron chi connectivity index (χ3n) is 2.20. The maximum absolute atomic E-state index is 11.8. The number of hydrogen-bond donors (Lipinski definition) is 3. The van der Waals surface area contributed by atoms with Crippen molar-refractivity contribution in [2.24, 2.45) is 5.92 Å². The Morgan fingerprint density at radius 1 is 1.35 bits per heavy atom. The second kappa shape index (κ2) is 6.62. The van der Waals surface area contributed by atoms with Crippen LogP contribution in [0, 0.1) is 5.92 Å². The lowest BCUT2D eigenvalue weighted by Gasteiger charge is -2.14. The van der Waals surface area contributed by atoms with Crippen molar-refractivity contribution in [1.82, 2.24) is 4.72 Å². The van der Waals surface area contributed by atoms with E-state index in [1.54, 1.807) is 0 Å². The van der Waals surface area contributed by atoms with Crippen molar-refractivity contribution < 1.29 is 18.3 Å². The lowest BCUT2D eigenvalue weighted by atomic mass is 10.2. The molecule has 0 unspecified atom stereocenters. The molecule has 0 fully saturated rings. The molecule has 1 aromatic carbocycles. The molecule has 0 heterocycles. The van der Waals surface area contributed by atoms with E-state index in [1.165, 1.54) is 6.07 Å². The van der Waals surface area contributed by atoms with Gasteiger partial charge in [-0.3, -0.25) is 4.72 Å². The van der Waals surface area contributed by atoms with Gasteiger partial charge < -0.3 is 5.11 Å². The number of carboxylic acid groups (broad SMARTS) is 1. The van der Waals surface area contributed by atoms with Crippen LogP contribution in [0.3, 0.4) is 0 Å². The van der Waals surface area contributed by atoms with E-state index in [4.69, 9.17) is 28.3 Å².